The van der Waals surface area contributed by atoms with Gasteiger partial charge in [-0.15, -0.1) is 5.10 Å². The van der Waals surface area contributed by atoms with Crippen LogP contribution in [-0.4, -0.2) is 18.9 Å². The van der Waals surface area contributed by atoms with Crippen LogP contribution >= 0.6 is 0 Å². The largest absolute Gasteiger partial charge is 0.468 e. The fourth-order valence-corrected chi connectivity index (χ4v) is 3.98. The van der Waals surface area contributed by atoms with E-state index in [4.69, 9.17) is 9.47 Å². The zero-order chi connectivity index (χ0) is 24.7. The van der Waals surface area contributed by atoms with Gasteiger partial charge in [0.05, 0.1) is 13.2 Å². The lowest BCUT2D eigenvalue weighted by atomic mass is 10.2. The van der Waals surface area contributed by atoms with Gasteiger partial charge in [-0.25, -0.2) is 14.0 Å². The molecule has 0 N–H and O–H groups in total. The molecular weight excluding hydrogens is 456 g/mol. The van der Waals surface area contributed by atoms with E-state index in [0.29, 0.717) is 6.54 Å². The molecule has 5 rings (SSSR count). The van der Waals surface area contributed by atoms with Gasteiger partial charge >= 0.3 is 11.2 Å². The maximum absolute atomic E-state index is 13.2. The third-order valence-corrected chi connectivity index (χ3v) is 5.87. The number of aromatic nitrogens is 4. The Morgan fingerprint density at radius 2 is 1.39 bits per heavy atom. The van der Waals surface area contributed by atoms with Crippen molar-refractivity contribution >= 4 is 10.9 Å². The van der Waals surface area contributed by atoms with Crippen molar-refractivity contribution in [1.82, 2.24) is 18.9 Å². The number of aryl methyl sites for hydroxylation is 2. The van der Waals surface area contributed by atoms with Crippen molar-refractivity contribution in [2.75, 3.05) is 0 Å². The molecule has 0 atom stereocenters. The van der Waals surface area contributed by atoms with Crippen LogP contribution in [0.4, 0.5) is 0 Å². The molecule has 0 unspecified atom stereocenters. The van der Waals surface area contributed by atoms with E-state index in [1.807, 2.05) is 97.2 Å². The molecule has 0 saturated carbocycles. The second kappa shape index (κ2) is 10.9. The fraction of sp³-hybridized carbons (Fsp3) is 0.179. The Hall–Kier alpha value is -4.43. The van der Waals surface area contributed by atoms with Crippen LogP contribution in [0.15, 0.2) is 107 Å². The molecule has 3 aromatic carbocycles. The lowest BCUT2D eigenvalue weighted by Crippen LogP contribution is -2.43. The molecule has 0 radical (unpaired) electrons. The molecule has 0 aliphatic heterocycles. The first-order valence-corrected chi connectivity index (χ1v) is 11.7. The standard InChI is InChI=1S/C28H26N4O4/c33-27-26(36-20-23-11-5-2-6-12-23)29-32(18-17-30-16-15-24-13-7-8-14-25(24)30)28(34)31(27)21-35-19-22-9-3-1-4-10-22/h1-16H,17-21H2. The molecule has 8 heteroatoms. The average molecular weight is 483 g/mol. The van der Waals surface area contributed by atoms with E-state index in [1.54, 1.807) is 0 Å². The zero-order valence-electron chi connectivity index (χ0n) is 19.7. The van der Waals surface area contributed by atoms with Crippen molar-refractivity contribution < 1.29 is 9.47 Å². The molecule has 8 nitrogen and oxygen atoms in total. The van der Waals surface area contributed by atoms with E-state index in [0.717, 1.165) is 26.6 Å². The summed E-state index contributed by atoms with van der Waals surface area (Å²) in [6, 6.07) is 29.1. The predicted molar refractivity (Wildman–Crippen MR) is 137 cm³/mol. The molecule has 0 bridgehead atoms. The summed E-state index contributed by atoms with van der Waals surface area (Å²) >= 11 is 0. The van der Waals surface area contributed by atoms with Crippen LogP contribution in [0.5, 0.6) is 5.88 Å². The molecule has 0 spiro atoms. The van der Waals surface area contributed by atoms with E-state index in [-0.39, 0.29) is 32.4 Å². The van der Waals surface area contributed by atoms with Crippen molar-refractivity contribution in [2.45, 2.75) is 33.0 Å². The quantitative estimate of drug-likeness (QED) is 0.302. The first-order chi connectivity index (χ1) is 17.7. The highest BCUT2D eigenvalue weighted by atomic mass is 16.5. The molecule has 36 heavy (non-hydrogen) atoms. The summed E-state index contributed by atoms with van der Waals surface area (Å²) in [5, 5.41) is 5.39. The Morgan fingerprint density at radius 1 is 0.722 bits per heavy atom. The van der Waals surface area contributed by atoms with Crippen LogP contribution in [-0.2, 0) is 37.8 Å². The molecule has 0 saturated heterocycles. The minimum Gasteiger partial charge on any atom is -0.468 e. The maximum atomic E-state index is 13.2. The molecule has 0 aliphatic rings. The Kier molecular flexibility index (Phi) is 7.05. The summed E-state index contributed by atoms with van der Waals surface area (Å²) in [4.78, 5) is 26.3. The first-order valence-electron chi connectivity index (χ1n) is 11.7. The topological polar surface area (TPSA) is 80.3 Å². The van der Waals surface area contributed by atoms with E-state index >= 15 is 0 Å². The third kappa shape index (κ3) is 5.29. The van der Waals surface area contributed by atoms with E-state index in [1.165, 1.54) is 4.68 Å². The van der Waals surface area contributed by atoms with Crippen LogP contribution in [0.2, 0.25) is 0 Å². The predicted octanol–water partition coefficient (Wildman–Crippen LogP) is 3.81. The van der Waals surface area contributed by atoms with Crippen LogP contribution < -0.4 is 16.0 Å². The van der Waals surface area contributed by atoms with Crippen molar-refractivity contribution in [3.05, 3.63) is 129 Å². The summed E-state index contributed by atoms with van der Waals surface area (Å²) in [6.07, 6.45) is 1.97. The monoisotopic (exact) mass is 482 g/mol. The molecule has 182 valence electrons. The average Bonchev–Trinajstić information content (AvgIpc) is 3.34. The molecule has 0 amide bonds. The van der Waals surface area contributed by atoms with Gasteiger partial charge in [-0.3, -0.25) is 4.79 Å². The number of para-hydroxylation sites is 1. The highest BCUT2D eigenvalue weighted by Gasteiger charge is 2.15. The van der Waals surface area contributed by atoms with Crippen LogP contribution in [0.3, 0.4) is 0 Å². The normalized spacial score (nSPS) is 11.1. The zero-order valence-corrected chi connectivity index (χ0v) is 19.7. The Labute approximate surface area is 207 Å². The maximum Gasteiger partial charge on any atom is 0.349 e. The van der Waals surface area contributed by atoms with Gasteiger partial charge in [0.15, 0.2) is 0 Å². The van der Waals surface area contributed by atoms with Gasteiger partial charge in [0.25, 0.3) is 5.88 Å². The van der Waals surface area contributed by atoms with Crippen molar-refractivity contribution in [3.8, 4) is 5.88 Å². The number of ether oxygens (including phenoxy) is 2. The van der Waals surface area contributed by atoms with E-state index in [9.17, 15) is 9.59 Å². The molecule has 0 aliphatic carbocycles. The summed E-state index contributed by atoms with van der Waals surface area (Å²) in [6.45, 7) is 0.988. The van der Waals surface area contributed by atoms with Crippen LogP contribution in [0.1, 0.15) is 11.1 Å². The Balaban J connectivity index is 1.40. The van der Waals surface area contributed by atoms with Gasteiger partial charge in [0, 0.05) is 18.3 Å². The summed E-state index contributed by atoms with van der Waals surface area (Å²) < 4.78 is 15.8. The van der Waals surface area contributed by atoms with Gasteiger partial charge in [-0.1, -0.05) is 78.9 Å². The van der Waals surface area contributed by atoms with Crippen molar-refractivity contribution in [1.29, 1.82) is 0 Å². The molecule has 2 heterocycles. The van der Waals surface area contributed by atoms with Gasteiger partial charge in [-0.05, 0) is 28.6 Å². The first kappa shape index (κ1) is 23.3. The minimum absolute atomic E-state index is 0.140. The van der Waals surface area contributed by atoms with Gasteiger partial charge < -0.3 is 14.0 Å². The van der Waals surface area contributed by atoms with Crippen LogP contribution in [0, 0.1) is 0 Å². The minimum atomic E-state index is -0.619. The van der Waals surface area contributed by atoms with Crippen molar-refractivity contribution in [3.63, 3.8) is 0 Å². The van der Waals surface area contributed by atoms with Gasteiger partial charge in [-0.2, -0.15) is 0 Å². The number of rotatable bonds is 10. The number of hydrogen-bond donors (Lipinski definition) is 0. The summed E-state index contributed by atoms with van der Waals surface area (Å²) in [7, 11) is 0. The lowest BCUT2D eigenvalue weighted by Gasteiger charge is -2.13. The highest BCUT2D eigenvalue weighted by molar-refractivity contribution is 5.79. The number of hydrogen-bond acceptors (Lipinski definition) is 5. The second-order valence-electron chi connectivity index (χ2n) is 8.35. The van der Waals surface area contributed by atoms with Gasteiger partial charge in [0.2, 0.25) is 0 Å². The number of nitrogens with zero attached hydrogens (tertiary/aromatic N) is 4. The molecule has 5 aromatic rings. The molecule has 2 aromatic heterocycles. The summed E-state index contributed by atoms with van der Waals surface area (Å²) in [5.41, 5.74) is 1.73. The second-order valence-corrected chi connectivity index (χ2v) is 8.35. The van der Waals surface area contributed by atoms with Gasteiger partial charge in [0.1, 0.15) is 13.3 Å². The number of fused-ring (bicyclic) bond motifs is 1. The van der Waals surface area contributed by atoms with E-state index in [2.05, 4.69) is 9.67 Å². The summed E-state index contributed by atoms with van der Waals surface area (Å²) in [5.74, 6) is -0.140. The van der Waals surface area contributed by atoms with Crippen molar-refractivity contribution in [2.24, 2.45) is 0 Å². The fourth-order valence-electron chi connectivity index (χ4n) is 3.98. The lowest BCUT2D eigenvalue weighted by molar-refractivity contribution is 0.0555. The Bertz CT molecular complexity index is 1560. The number of benzene rings is 3. The molecule has 0 fully saturated rings. The Morgan fingerprint density at radius 3 is 2.14 bits per heavy atom. The highest BCUT2D eigenvalue weighted by Crippen LogP contribution is 2.15. The van der Waals surface area contributed by atoms with Crippen LogP contribution in [0.25, 0.3) is 10.9 Å². The molecular formula is C28H26N4O4. The van der Waals surface area contributed by atoms with E-state index < -0.39 is 11.2 Å². The SMILES string of the molecule is O=c1c(OCc2ccccc2)nn(CCn2ccc3ccccc32)c(=O)n1COCc1ccccc1. The smallest absolute Gasteiger partial charge is 0.349 e. The third-order valence-electron chi connectivity index (χ3n) is 5.87.